The van der Waals surface area contributed by atoms with Crippen molar-refractivity contribution in [3.05, 3.63) is 46.9 Å². The van der Waals surface area contributed by atoms with Crippen LogP contribution in [-0.4, -0.2) is 53.6 Å². The molecule has 2 aromatic heterocycles. The minimum atomic E-state index is -1.24. The average molecular weight is 549 g/mol. The molecule has 0 amide bonds. The van der Waals surface area contributed by atoms with Gasteiger partial charge in [-0.15, -0.1) is 11.8 Å². The van der Waals surface area contributed by atoms with E-state index in [9.17, 15) is 15.3 Å². The predicted molar refractivity (Wildman–Crippen MR) is 151 cm³/mol. The van der Waals surface area contributed by atoms with Crippen LogP contribution in [0.15, 0.2) is 35.0 Å². The highest BCUT2D eigenvalue weighted by atomic mass is 32.2. The van der Waals surface area contributed by atoms with E-state index in [1.807, 2.05) is 36.0 Å². The van der Waals surface area contributed by atoms with Crippen LogP contribution < -0.4 is 0 Å². The molecular weight excluding hydrogens is 508 g/mol. The van der Waals surface area contributed by atoms with Crippen LogP contribution in [0.1, 0.15) is 69.3 Å². The first-order valence-electron chi connectivity index (χ1n) is 14.4. The molecule has 2 aromatic rings. The highest BCUT2D eigenvalue weighted by Gasteiger charge is 2.68. The van der Waals surface area contributed by atoms with Crippen molar-refractivity contribution in [2.75, 3.05) is 5.75 Å². The molecule has 6 rings (SSSR count). The Bertz CT molecular complexity index is 1340. The fourth-order valence-electron chi connectivity index (χ4n) is 9.06. The zero-order valence-corrected chi connectivity index (χ0v) is 24.0. The maximum atomic E-state index is 12.1. The molecule has 3 fully saturated rings. The third kappa shape index (κ3) is 4.11. The van der Waals surface area contributed by atoms with Gasteiger partial charge >= 0.3 is 0 Å². The van der Waals surface area contributed by atoms with Crippen molar-refractivity contribution < 1.29 is 15.3 Å². The lowest BCUT2D eigenvalue weighted by Gasteiger charge is -2.61. The lowest BCUT2D eigenvalue weighted by molar-refractivity contribution is -0.197. The summed E-state index contributed by atoms with van der Waals surface area (Å²) < 4.78 is 1.95. The highest BCUT2D eigenvalue weighted by Crippen LogP contribution is 2.68. The van der Waals surface area contributed by atoms with Crippen LogP contribution in [0.4, 0.5) is 0 Å². The molecule has 0 spiro atoms. The van der Waals surface area contributed by atoms with Gasteiger partial charge in [-0.05, 0) is 92.4 Å². The molecule has 3 N–H and O–H groups in total. The van der Waals surface area contributed by atoms with E-state index >= 15 is 0 Å². The molecule has 208 valence electrons. The predicted octanol–water partition coefficient (Wildman–Crippen LogP) is 4.54. The van der Waals surface area contributed by atoms with Gasteiger partial charge in [-0.2, -0.15) is 10.4 Å². The van der Waals surface area contributed by atoms with Crippen LogP contribution in [0.25, 0.3) is 6.08 Å². The summed E-state index contributed by atoms with van der Waals surface area (Å²) >= 11 is 1.49. The number of aliphatic hydroxyl groups is 3. The van der Waals surface area contributed by atoms with E-state index < -0.39 is 23.2 Å². The number of hydrogen-bond acceptors (Lipinski definition) is 7. The van der Waals surface area contributed by atoms with Gasteiger partial charge in [-0.25, -0.2) is 4.98 Å². The summed E-state index contributed by atoms with van der Waals surface area (Å²) in [6.45, 7) is 6.99. The van der Waals surface area contributed by atoms with Gasteiger partial charge < -0.3 is 15.3 Å². The Morgan fingerprint density at radius 2 is 2.10 bits per heavy atom. The van der Waals surface area contributed by atoms with Crippen molar-refractivity contribution in [1.29, 1.82) is 5.26 Å². The first-order chi connectivity index (χ1) is 18.6. The molecule has 0 bridgehead atoms. The number of nitriles is 1. The number of rotatable bonds is 6. The first kappa shape index (κ1) is 27.0. The topological polar surface area (TPSA) is 115 Å². The molecule has 4 aliphatic carbocycles. The Kier molecular flexibility index (Phi) is 6.74. The van der Waals surface area contributed by atoms with Crippen molar-refractivity contribution in [2.45, 2.75) is 95.1 Å². The van der Waals surface area contributed by atoms with Crippen LogP contribution >= 0.6 is 11.8 Å². The van der Waals surface area contributed by atoms with Gasteiger partial charge in [0.2, 0.25) is 0 Å². The maximum absolute atomic E-state index is 12.1. The molecule has 0 saturated heterocycles. The van der Waals surface area contributed by atoms with Gasteiger partial charge in [0, 0.05) is 16.9 Å². The Morgan fingerprint density at radius 1 is 1.28 bits per heavy atom. The van der Waals surface area contributed by atoms with Gasteiger partial charge in [0.1, 0.15) is 0 Å². The van der Waals surface area contributed by atoms with Crippen LogP contribution in [-0.2, 0) is 13.0 Å². The fourth-order valence-corrected chi connectivity index (χ4v) is 10.0. The van der Waals surface area contributed by atoms with Gasteiger partial charge in [-0.1, -0.05) is 25.5 Å². The molecule has 3 saturated carbocycles. The van der Waals surface area contributed by atoms with E-state index in [1.54, 1.807) is 0 Å². The molecule has 4 aliphatic rings. The zero-order valence-electron chi connectivity index (χ0n) is 23.2. The lowest BCUT2D eigenvalue weighted by Crippen LogP contribution is -2.63. The molecule has 7 nitrogen and oxygen atoms in total. The van der Waals surface area contributed by atoms with E-state index in [0.717, 1.165) is 42.1 Å². The van der Waals surface area contributed by atoms with Crippen LogP contribution in [0.2, 0.25) is 0 Å². The number of thioether (sulfide) groups is 1. The smallest absolute Gasteiger partial charge is 0.0970 e. The number of aliphatic hydroxyl groups excluding tert-OH is 2. The minimum Gasteiger partial charge on any atom is -0.393 e. The zero-order chi connectivity index (χ0) is 27.6. The van der Waals surface area contributed by atoms with E-state index in [0.29, 0.717) is 37.5 Å². The highest BCUT2D eigenvalue weighted by molar-refractivity contribution is 7.99. The Hall–Kier alpha value is -2.18. The van der Waals surface area contributed by atoms with Gasteiger partial charge in [0.15, 0.2) is 0 Å². The second-order valence-corrected chi connectivity index (χ2v) is 13.9. The summed E-state index contributed by atoms with van der Waals surface area (Å²) in [5.41, 5.74) is 2.68. The fraction of sp³-hybridized carbons (Fsp3) is 0.645. The van der Waals surface area contributed by atoms with E-state index in [-0.39, 0.29) is 17.3 Å². The van der Waals surface area contributed by atoms with Crippen LogP contribution in [0.3, 0.4) is 0 Å². The maximum Gasteiger partial charge on any atom is 0.0970 e. The van der Waals surface area contributed by atoms with Crippen molar-refractivity contribution in [3.8, 4) is 6.07 Å². The Morgan fingerprint density at radius 3 is 2.87 bits per heavy atom. The molecule has 6 unspecified atom stereocenters. The van der Waals surface area contributed by atoms with Gasteiger partial charge in [-0.3, -0.25) is 4.68 Å². The third-order valence-electron chi connectivity index (χ3n) is 11.0. The number of pyridine rings is 1. The summed E-state index contributed by atoms with van der Waals surface area (Å²) in [5, 5.41) is 49.9. The van der Waals surface area contributed by atoms with Crippen molar-refractivity contribution in [2.24, 2.45) is 28.6 Å². The normalized spacial score (nSPS) is 37.6. The SMILES string of the molecule is Cc1cccc(SCC(O)[C@@]2(O)CCC3C4CCC5=Cc6c(cnn6CCC#N)CC5(C)C4[C@@H](O)CC32C)n1. The van der Waals surface area contributed by atoms with Crippen molar-refractivity contribution in [3.63, 3.8) is 0 Å². The third-order valence-corrected chi connectivity index (χ3v) is 12.0. The largest absolute Gasteiger partial charge is 0.393 e. The number of allylic oxidation sites excluding steroid dienone is 1. The lowest BCUT2D eigenvalue weighted by atomic mass is 9.45. The van der Waals surface area contributed by atoms with E-state index in [4.69, 9.17) is 5.26 Å². The molecular formula is C31H40N4O3S. The number of nitrogens with zero attached hydrogens (tertiary/aromatic N) is 4. The minimum absolute atomic E-state index is 0.108. The molecule has 0 aromatic carbocycles. The number of hydrogen-bond donors (Lipinski definition) is 3. The standard InChI is InChI=1S/C31H40N4O3S/c1-19-6-4-7-27(34-19)39-18-26(37)31(38)11-10-23-22-9-8-21-14-24-20(17-33-35(24)13-5-12-32)15-29(21,2)28(22)25(36)16-30(23,31)3/h4,6-7,14,17,22-23,25-26,28,36-38H,5,8-11,13,15-16,18H2,1-3H3/t22?,23?,25-,26?,28?,29?,30?,31-/m0/s1. The molecule has 8 heteroatoms. The first-order valence-corrected chi connectivity index (χ1v) is 15.4. The molecule has 0 aliphatic heterocycles. The summed E-state index contributed by atoms with van der Waals surface area (Å²) in [6, 6.07) is 8.08. The van der Waals surface area contributed by atoms with E-state index in [1.165, 1.54) is 22.9 Å². The number of aromatic nitrogens is 3. The molecule has 39 heavy (non-hydrogen) atoms. The summed E-state index contributed by atoms with van der Waals surface area (Å²) in [6.07, 6.45) is 7.94. The summed E-state index contributed by atoms with van der Waals surface area (Å²) in [5.74, 6) is 1.04. The second-order valence-electron chi connectivity index (χ2n) is 12.9. The molecule has 2 heterocycles. The van der Waals surface area contributed by atoms with Crippen LogP contribution in [0.5, 0.6) is 0 Å². The van der Waals surface area contributed by atoms with Gasteiger partial charge in [0.25, 0.3) is 0 Å². The van der Waals surface area contributed by atoms with Crippen LogP contribution in [0, 0.1) is 46.8 Å². The van der Waals surface area contributed by atoms with Crippen molar-refractivity contribution in [1.82, 2.24) is 14.8 Å². The molecule has 8 atom stereocenters. The Labute approximate surface area is 235 Å². The number of aryl methyl sites for hydroxylation is 2. The average Bonchev–Trinajstić information content (AvgIpc) is 3.41. The number of fused-ring (bicyclic) bond motifs is 6. The summed E-state index contributed by atoms with van der Waals surface area (Å²) in [4.78, 5) is 4.54. The summed E-state index contributed by atoms with van der Waals surface area (Å²) in [7, 11) is 0. The van der Waals surface area contributed by atoms with Crippen molar-refractivity contribution >= 4 is 17.8 Å². The van der Waals surface area contributed by atoms with Gasteiger partial charge in [0.05, 0.1) is 53.8 Å². The Balaban J connectivity index is 1.25. The second kappa shape index (κ2) is 9.73. The quantitative estimate of drug-likeness (QED) is 0.454. The molecule has 0 radical (unpaired) electrons. The van der Waals surface area contributed by atoms with E-state index in [2.05, 4.69) is 36.1 Å². The monoisotopic (exact) mass is 548 g/mol.